The van der Waals surface area contributed by atoms with E-state index in [0.717, 1.165) is 16.4 Å². The van der Waals surface area contributed by atoms with Gasteiger partial charge in [0, 0.05) is 18.5 Å². The van der Waals surface area contributed by atoms with Gasteiger partial charge >= 0.3 is 5.69 Å². The fraction of sp³-hybridized carbons (Fsp3) is 0.227. The van der Waals surface area contributed by atoms with E-state index in [1.54, 1.807) is 6.92 Å². The molecule has 0 radical (unpaired) electrons. The molecule has 0 aliphatic heterocycles. The van der Waals surface area contributed by atoms with Gasteiger partial charge in [-0.25, -0.2) is 13.2 Å². The molecule has 3 aromatic rings. The second-order valence-electron chi connectivity index (χ2n) is 7.24. The predicted molar refractivity (Wildman–Crippen MR) is 123 cm³/mol. The van der Waals surface area contributed by atoms with Gasteiger partial charge in [0.2, 0.25) is 0 Å². The molecule has 3 rings (SSSR count). The third-order valence-corrected chi connectivity index (χ3v) is 6.11. The molecule has 0 aliphatic rings. The third kappa shape index (κ3) is 4.80. The van der Waals surface area contributed by atoms with Gasteiger partial charge in [-0.1, -0.05) is 30.3 Å². The average Bonchev–Trinajstić information content (AvgIpc) is 2.76. The molecule has 0 amide bonds. The lowest BCUT2D eigenvalue weighted by molar-refractivity contribution is 0.100. The molecular formula is C22H24N4O5S. The lowest BCUT2D eigenvalue weighted by Gasteiger charge is -2.16. The molecule has 0 spiro atoms. The summed E-state index contributed by atoms with van der Waals surface area (Å²) in [7, 11) is -3.34. The van der Waals surface area contributed by atoms with Crippen molar-refractivity contribution in [3.05, 3.63) is 86.6 Å². The van der Waals surface area contributed by atoms with Gasteiger partial charge in [0.05, 0.1) is 18.0 Å². The summed E-state index contributed by atoms with van der Waals surface area (Å²) >= 11 is 0. The number of hydrogen-bond donors (Lipinski definition) is 2. The number of carbonyl (C=O) groups is 1. The molecule has 0 fully saturated rings. The van der Waals surface area contributed by atoms with Crippen molar-refractivity contribution in [1.82, 2.24) is 9.13 Å². The lowest BCUT2D eigenvalue weighted by Crippen LogP contribution is -2.44. The number of nitrogens with two attached hydrogens (primary N) is 1. The predicted octanol–water partition coefficient (Wildman–Crippen LogP) is 1.36. The number of ketones is 1. The second-order valence-corrected chi connectivity index (χ2v) is 9.25. The van der Waals surface area contributed by atoms with Crippen LogP contribution < -0.4 is 22.3 Å². The van der Waals surface area contributed by atoms with Gasteiger partial charge in [0.25, 0.3) is 5.56 Å². The van der Waals surface area contributed by atoms with E-state index >= 15 is 0 Å². The lowest BCUT2D eigenvalue weighted by atomic mass is 10.1. The van der Waals surface area contributed by atoms with Crippen molar-refractivity contribution in [3.8, 4) is 0 Å². The van der Waals surface area contributed by atoms with Crippen molar-refractivity contribution in [3.63, 3.8) is 0 Å². The van der Waals surface area contributed by atoms with Crippen molar-refractivity contribution >= 4 is 27.1 Å². The van der Waals surface area contributed by atoms with Crippen LogP contribution in [0, 0.1) is 0 Å². The first-order valence-electron chi connectivity index (χ1n) is 9.87. The van der Waals surface area contributed by atoms with E-state index in [-0.39, 0.29) is 35.9 Å². The summed E-state index contributed by atoms with van der Waals surface area (Å²) in [6.07, 6.45) is 1.10. The quantitative estimate of drug-likeness (QED) is 0.489. The zero-order valence-corrected chi connectivity index (χ0v) is 18.6. The minimum Gasteiger partial charge on any atom is -0.384 e. The molecule has 10 heteroatoms. The summed E-state index contributed by atoms with van der Waals surface area (Å²) in [5.74, 6) is -0.767. The number of sulfone groups is 1. The summed E-state index contributed by atoms with van der Waals surface area (Å²) in [5.41, 5.74) is 5.84. The van der Waals surface area contributed by atoms with E-state index in [2.05, 4.69) is 5.32 Å². The fourth-order valence-corrected chi connectivity index (χ4v) is 3.90. The van der Waals surface area contributed by atoms with Crippen LogP contribution in [0.15, 0.2) is 69.1 Å². The molecule has 3 N–H and O–H groups in total. The highest BCUT2D eigenvalue weighted by molar-refractivity contribution is 7.90. The third-order valence-electron chi connectivity index (χ3n) is 4.98. The summed E-state index contributed by atoms with van der Waals surface area (Å²) in [4.78, 5) is 38.6. The van der Waals surface area contributed by atoms with Crippen LogP contribution in [0.4, 0.5) is 11.5 Å². The summed E-state index contributed by atoms with van der Waals surface area (Å²) in [5, 5.41) is 2.86. The van der Waals surface area contributed by atoms with Crippen molar-refractivity contribution in [2.45, 2.75) is 24.9 Å². The number of anilines is 2. The topological polar surface area (TPSA) is 133 Å². The smallest absolute Gasteiger partial charge is 0.332 e. The standard InChI is InChI=1S/C22H24N4O5S/c1-3-25-21(28)19(20(23)26(22(25)29)14-15-7-5-4-6-8-15)18(27)13-24-16-9-11-17(12-10-16)32(2,30)31/h4-12,24H,3,13-14,23H2,1-2H3. The van der Waals surface area contributed by atoms with Gasteiger partial charge in [0.1, 0.15) is 11.4 Å². The first kappa shape index (κ1) is 23.0. The average molecular weight is 457 g/mol. The van der Waals surface area contributed by atoms with E-state index in [1.165, 1.54) is 28.8 Å². The highest BCUT2D eigenvalue weighted by atomic mass is 32.2. The Kier molecular flexibility index (Phi) is 6.64. The highest BCUT2D eigenvalue weighted by Gasteiger charge is 2.22. The summed E-state index contributed by atoms with van der Waals surface area (Å²) in [6.45, 7) is 1.59. The Labute approximate surface area is 185 Å². The van der Waals surface area contributed by atoms with Gasteiger partial charge in [0.15, 0.2) is 15.6 Å². The van der Waals surface area contributed by atoms with Crippen LogP contribution in [0.3, 0.4) is 0 Å². The highest BCUT2D eigenvalue weighted by Crippen LogP contribution is 2.15. The molecule has 168 valence electrons. The van der Waals surface area contributed by atoms with Crippen LogP contribution in [0.25, 0.3) is 0 Å². The maximum atomic E-state index is 12.9. The number of rotatable bonds is 8. The molecule has 0 saturated heterocycles. The molecule has 0 unspecified atom stereocenters. The number of aromatic nitrogens is 2. The zero-order chi connectivity index (χ0) is 23.5. The van der Waals surface area contributed by atoms with Gasteiger partial charge in [-0.15, -0.1) is 0 Å². The molecule has 0 aliphatic carbocycles. The Hall–Kier alpha value is -3.66. The van der Waals surface area contributed by atoms with Crippen LogP contribution in [0.2, 0.25) is 0 Å². The van der Waals surface area contributed by atoms with E-state index in [9.17, 15) is 22.8 Å². The second kappa shape index (κ2) is 9.23. The Morgan fingerprint density at radius 2 is 1.62 bits per heavy atom. The number of nitrogen functional groups attached to an aromatic ring is 1. The number of benzene rings is 2. The maximum absolute atomic E-state index is 12.9. The van der Waals surface area contributed by atoms with Crippen LogP contribution in [-0.2, 0) is 22.9 Å². The van der Waals surface area contributed by atoms with Crippen LogP contribution >= 0.6 is 0 Å². The van der Waals surface area contributed by atoms with Gasteiger partial charge in [-0.3, -0.25) is 18.7 Å². The summed E-state index contributed by atoms with van der Waals surface area (Å²) < 4.78 is 25.3. The molecule has 1 aromatic heterocycles. The van der Waals surface area contributed by atoms with E-state index < -0.39 is 26.9 Å². The van der Waals surface area contributed by atoms with Gasteiger partial charge < -0.3 is 11.1 Å². The van der Waals surface area contributed by atoms with Crippen molar-refractivity contribution < 1.29 is 13.2 Å². The van der Waals surface area contributed by atoms with Crippen LogP contribution in [0.1, 0.15) is 22.8 Å². The van der Waals surface area contributed by atoms with E-state index in [0.29, 0.717) is 5.69 Å². The maximum Gasteiger partial charge on any atom is 0.332 e. The molecular weight excluding hydrogens is 432 g/mol. The molecule has 0 atom stereocenters. The Morgan fingerprint density at radius 3 is 2.19 bits per heavy atom. The number of Topliss-reactive ketones (excluding diaryl/α,β-unsaturated/α-hetero) is 1. The van der Waals surface area contributed by atoms with Crippen molar-refractivity contribution in [2.75, 3.05) is 23.9 Å². The number of nitrogens with zero attached hydrogens (tertiary/aromatic N) is 2. The normalized spacial score (nSPS) is 11.3. The largest absolute Gasteiger partial charge is 0.384 e. The summed E-state index contributed by atoms with van der Waals surface area (Å²) in [6, 6.07) is 15.0. The Bertz CT molecular complexity index is 1360. The Morgan fingerprint density at radius 1 is 1.00 bits per heavy atom. The van der Waals surface area contributed by atoms with E-state index in [1.807, 2.05) is 30.3 Å². The molecule has 0 saturated carbocycles. The van der Waals surface area contributed by atoms with Gasteiger partial charge in [-0.05, 0) is 36.8 Å². The molecule has 9 nitrogen and oxygen atoms in total. The molecule has 2 aromatic carbocycles. The van der Waals surface area contributed by atoms with Crippen LogP contribution in [-0.4, -0.2) is 36.1 Å². The van der Waals surface area contributed by atoms with Crippen LogP contribution in [0.5, 0.6) is 0 Å². The first-order chi connectivity index (χ1) is 15.1. The number of hydrogen-bond acceptors (Lipinski definition) is 7. The van der Waals surface area contributed by atoms with Crippen molar-refractivity contribution in [2.24, 2.45) is 0 Å². The number of carbonyl (C=O) groups excluding carboxylic acids is 1. The molecule has 32 heavy (non-hydrogen) atoms. The van der Waals surface area contributed by atoms with E-state index in [4.69, 9.17) is 5.73 Å². The number of nitrogens with one attached hydrogen (secondary N) is 1. The van der Waals surface area contributed by atoms with Gasteiger partial charge in [-0.2, -0.15) is 0 Å². The van der Waals surface area contributed by atoms with Crippen molar-refractivity contribution in [1.29, 1.82) is 0 Å². The Balaban J connectivity index is 1.92. The fourth-order valence-electron chi connectivity index (χ4n) is 3.27. The molecule has 1 heterocycles. The minimum absolute atomic E-state index is 0.0907. The molecule has 0 bridgehead atoms. The first-order valence-corrected chi connectivity index (χ1v) is 11.8. The zero-order valence-electron chi connectivity index (χ0n) is 17.7. The minimum atomic E-state index is -3.34. The monoisotopic (exact) mass is 456 g/mol. The SMILES string of the molecule is CCn1c(=O)c(C(=O)CNc2ccc(S(C)(=O)=O)cc2)c(N)n(Cc2ccccc2)c1=O.